The van der Waals surface area contributed by atoms with E-state index in [0.717, 1.165) is 16.5 Å². The average molecular weight is 465 g/mol. The summed E-state index contributed by atoms with van der Waals surface area (Å²) in [5.41, 5.74) is 2.19. The topological polar surface area (TPSA) is 46.9 Å². The van der Waals surface area contributed by atoms with Crippen LogP contribution in [0.1, 0.15) is 23.5 Å². The van der Waals surface area contributed by atoms with Crippen LogP contribution >= 0.6 is 39.1 Å². The second-order valence-electron chi connectivity index (χ2n) is 6.62. The van der Waals surface area contributed by atoms with Gasteiger partial charge in [0.1, 0.15) is 0 Å². The highest BCUT2D eigenvalue weighted by Crippen LogP contribution is 2.48. The number of carbonyl (C=O) groups is 1. The Kier molecular flexibility index (Phi) is 5.26. The fourth-order valence-corrected chi connectivity index (χ4v) is 3.89. The van der Waals surface area contributed by atoms with E-state index in [2.05, 4.69) is 38.5 Å². The summed E-state index contributed by atoms with van der Waals surface area (Å²) in [5, 5.41) is 8.43. The molecule has 1 heterocycles. The molecule has 1 amide bonds. The van der Waals surface area contributed by atoms with Crippen molar-refractivity contribution in [2.24, 2.45) is 5.92 Å². The smallest absolute Gasteiger partial charge is 0.229 e. The molecule has 2 unspecified atom stereocenters. The lowest BCUT2D eigenvalue weighted by Crippen LogP contribution is -2.15. The van der Waals surface area contributed by atoms with Crippen molar-refractivity contribution in [3.63, 3.8) is 0 Å². The van der Waals surface area contributed by atoms with Gasteiger partial charge in [-0.15, -0.1) is 0 Å². The molecule has 138 valence electrons. The molecule has 0 spiro atoms. The first-order valence-electron chi connectivity index (χ1n) is 8.54. The van der Waals surface area contributed by atoms with Gasteiger partial charge in [0.05, 0.1) is 21.1 Å². The molecule has 1 N–H and O–H groups in total. The molecule has 1 aromatic heterocycles. The molecule has 2 atom stereocenters. The lowest BCUT2D eigenvalue weighted by atomic mass is 10.1. The van der Waals surface area contributed by atoms with Gasteiger partial charge in [0.15, 0.2) is 5.82 Å². The minimum absolute atomic E-state index is 0.000443. The molecule has 3 aromatic rings. The molecule has 1 aliphatic rings. The predicted molar refractivity (Wildman–Crippen MR) is 111 cm³/mol. The quantitative estimate of drug-likeness (QED) is 0.523. The summed E-state index contributed by atoms with van der Waals surface area (Å²) in [7, 11) is 0. The molecule has 0 radical (unpaired) electrons. The summed E-state index contributed by atoms with van der Waals surface area (Å²) < 4.78 is 2.49. The highest BCUT2D eigenvalue weighted by Gasteiger charge is 2.44. The second-order valence-corrected chi connectivity index (χ2v) is 8.29. The van der Waals surface area contributed by atoms with E-state index >= 15 is 0 Å². The van der Waals surface area contributed by atoms with Gasteiger partial charge in [0, 0.05) is 12.1 Å². The molecule has 2 aromatic carbocycles. The third kappa shape index (κ3) is 4.21. The van der Waals surface area contributed by atoms with Gasteiger partial charge in [-0.25, -0.2) is 0 Å². The van der Waals surface area contributed by atoms with Crippen molar-refractivity contribution in [3.05, 3.63) is 80.4 Å². The van der Waals surface area contributed by atoms with Crippen LogP contribution in [-0.4, -0.2) is 15.7 Å². The summed E-state index contributed by atoms with van der Waals surface area (Å²) in [6, 6.07) is 15.6. The molecule has 0 bridgehead atoms. The van der Waals surface area contributed by atoms with Crippen molar-refractivity contribution >= 4 is 50.9 Å². The van der Waals surface area contributed by atoms with Gasteiger partial charge in [-0.05, 0) is 51.5 Å². The van der Waals surface area contributed by atoms with Crippen molar-refractivity contribution < 1.29 is 4.79 Å². The van der Waals surface area contributed by atoms with Crippen LogP contribution in [0, 0.1) is 5.92 Å². The number of hydrogen-bond donors (Lipinski definition) is 1. The third-order valence-electron chi connectivity index (χ3n) is 4.64. The minimum atomic E-state index is -0.000443. The zero-order valence-corrected chi connectivity index (χ0v) is 17.3. The Morgan fingerprint density at radius 1 is 1.19 bits per heavy atom. The standard InChI is InChI=1S/C20H16BrCl2N3O/c21-16-11-26(10-12-6-7-17(22)18(23)8-12)25-19(16)24-20(27)15-9-14(15)13-4-2-1-3-5-13/h1-8,11,14-15H,9-10H2,(H,24,25,27). The zero-order chi connectivity index (χ0) is 19.0. The Labute approximate surface area is 175 Å². The van der Waals surface area contributed by atoms with Crippen molar-refractivity contribution in [1.82, 2.24) is 9.78 Å². The normalized spacial score (nSPS) is 18.3. The monoisotopic (exact) mass is 463 g/mol. The summed E-state index contributed by atoms with van der Waals surface area (Å²) in [6.07, 6.45) is 2.71. The van der Waals surface area contributed by atoms with Crippen molar-refractivity contribution in [2.45, 2.75) is 18.9 Å². The van der Waals surface area contributed by atoms with E-state index in [1.54, 1.807) is 10.7 Å². The summed E-state index contributed by atoms with van der Waals surface area (Å²) in [4.78, 5) is 12.5. The number of hydrogen-bond acceptors (Lipinski definition) is 2. The molecule has 1 fully saturated rings. The molecule has 1 aliphatic carbocycles. The molecule has 4 nitrogen and oxygen atoms in total. The van der Waals surface area contributed by atoms with Gasteiger partial charge in [-0.1, -0.05) is 59.6 Å². The first-order chi connectivity index (χ1) is 13.0. The van der Waals surface area contributed by atoms with Crippen LogP contribution in [0.3, 0.4) is 0 Å². The maximum absolute atomic E-state index is 12.5. The summed E-state index contributed by atoms with van der Waals surface area (Å²) in [5.74, 6) is 0.825. The van der Waals surface area contributed by atoms with E-state index in [1.165, 1.54) is 5.56 Å². The molecule has 4 rings (SSSR count). The fraction of sp³-hybridized carbons (Fsp3) is 0.200. The average Bonchev–Trinajstić information content (AvgIpc) is 3.39. The number of rotatable bonds is 5. The van der Waals surface area contributed by atoms with Crippen LogP contribution in [0.4, 0.5) is 5.82 Å². The number of nitrogens with one attached hydrogen (secondary N) is 1. The first kappa shape index (κ1) is 18.5. The van der Waals surface area contributed by atoms with Gasteiger partial charge in [0.25, 0.3) is 0 Å². The van der Waals surface area contributed by atoms with E-state index in [-0.39, 0.29) is 11.8 Å². The number of nitrogens with zero attached hydrogens (tertiary/aromatic N) is 2. The number of benzene rings is 2. The van der Waals surface area contributed by atoms with Crippen LogP contribution < -0.4 is 5.32 Å². The zero-order valence-electron chi connectivity index (χ0n) is 14.2. The van der Waals surface area contributed by atoms with E-state index in [9.17, 15) is 4.79 Å². The lowest BCUT2D eigenvalue weighted by molar-refractivity contribution is -0.117. The molecule has 0 aliphatic heterocycles. The Morgan fingerprint density at radius 2 is 1.96 bits per heavy atom. The van der Waals surface area contributed by atoms with Crippen molar-refractivity contribution in [1.29, 1.82) is 0 Å². The maximum atomic E-state index is 12.5. The molecule has 7 heteroatoms. The van der Waals surface area contributed by atoms with E-state index in [0.29, 0.717) is 28.3 Å². The molecule has 1 saturated carbocycles. The number of anilines is 1. The highest BCUT2D eigenvalue weighted by atomic mass is 79.9. The van der Waals surface area contributed by atoms with Crippen molar-refractivity contribution in [3.8, 4) is 0 Å². The minimum Gasteiger partial charge on any atom is -0.308 e. The molecule has 0 saturated heterocycles. The van der Waals surface area contributed by atoms with Crippen LogP contribution in [0.5, 0.6) is 0 Å². The Bertz CT molecular complexity index is 990. The summed E-state index contributed by atoms with van der Waals surface area (Å²) in [6.45, 7) is 0.529. The number of amides is 1. The molecular formula is C20H16BrCl2N3O. The second kappa shape index (κ2) is 7.66. The van der Waals surface area contributed by atoms with Gasteiger partial charge in [-0.2, -0.15) is 5.10 Å². The third-order valence-corrected chi connectivity index (χ3v) is 5.96. The Hall–Kier alpha value is -1.82. The molecular weight excluding hydrogens is 449 g/mol. The van der Waals surface area contributed by atoms with E-state index in [4.69, 9.17) is 23.2 Å². The van der Waals surface area contributed by atoms with Gasteiger partial charge in [0.2, 0.25) is 5.91 Å². The van der Waals surface area contributed by atoms with Crippen LogP contribution in [0.15, 0.2) is 59.2 Å². The fourth-order valence-electron chi connectivity index (χ4n) is 3.15. The Morgan fingerprint density at radius 3 is 2.70 bits per heavy atom. The maximum Gasteiger partial charge on any atom is 0.229 e. The number of aromatic nitrogens is 2. The van der Waals surface area contributed by atoms with Gasteiger partial charge < -0.3 is 5.32 Å². The van der Waals surface area contributed by atoms with E-state index in [1.807, 2.05) is 36.5 Å². The predicted octanol–water partition coefficient (Wildman–Crippen LogP) is 5.74. The van der Waals surface area contributed by atoms with Crippen LogP contribution in [0.25, 0.3) is 0 Å². The van der Waals surface area contributed by atoms with Gasteiger partial charge in [-0.3, -0.25) is 9.48 Å². The lowest BCUT2D eigenvalue weighted by Gasteiger charge is -2.04. The van der Waals surface area contributed by atoms with Crippen molar-refractivity contribution in [2.75, 3.05) is 5.32 Å². The summed E-state index contributed by atoms with van der Waals surface area (Å²) >= 11 is 15.5. The number of halogens is 3. The SMILES string of the molecule is O=C(Nc1nn(Cc2ccc(Cl)c(Cl)c2)cc1Br)C1CC1c1ccccc1. The van der Waals surface area contributed by atoms with E-state index < -0.39 is 0 Å². The Balaban J connectivity index is 1.41. The van der Waals surface area contributed by atoms with Crippen LogP contribution in [-0.2, 0) is 11.3 Å². The molecule has 27 heavy (non-hydrogen) atoms. The van der Waals surface area contributed by atoms with Gasteiger partial charge >= 0.3 is 0 Å². The number of carbonyl (C=O) groups excluding carboxylic acids is 1. The highest BCUT2D eigenvalue weighted by molar-refractivity contribution is 9.10. The largest absolute Gasteiger partial charge is 0.308 e. The van der Waals surface area contributed by atoms with Crippen LogP contribution in [0.2, 0.25) is 10.0 Å². The first-order valence-corrected chi connectivity index (χ1v) is 10.1.